The third-order valence-corrected chi connectivity index (χ3v) is 4.86. The van der Waals surface area contributed by atoms with Gasteiger partial charge in [0, 0.05) is 26.4 Å². The normalized spacial score (nSPS) is 11.7. The van der Waals surface area contributed by atoms with Crippen molar-refractivity contribution in [1.82, 2.24) is 10.6 Å². The third kappa shape index (κ3) is 7.70. The Morgan fingerprint density at radius 2 is 1.92 bits per heavy atom. The van der Waals surface area contributed by atoms with Gasteiger partial charge in [-0.25, -0.2) is 12.8 Å². The summed E-state index contributed by atoms with van der Waals surface area (Å²) in [5, 5.41) is 10.3. The van der Waals surface area contributed by atoms with Crippen molar-refractivity contribution in [3.05, 3.63) is 57.5 Å². The van der Waals surface area contributed by atoms with Gasteiger partial charge in [0.15, 0.2) is 15.8 Å². The minimum absolute atomic E-state index is 0. The molecule has 9 heteroatoms. The first-order valence-electron chi connectivity index (χ1n) is 7.28. The highest BCUT2D eigenvalue weighted by atomic mass is 127. The van der Waals surface area contributed by atoms with Gasteiger partial charge in [0.1, 0.15) is 5.82 Å². The van der Waals surface area contributed by atoms with Gasteiger partial charge in [-0.2, -0.15) is 11.3 Å². The molecular formula is C16H21FIN3O2S2. The van der Waals surface area contributed by atoms with E-state index in [1.165, 1.54) is 18.2 Å². The predicted molar refractivity (Wildman–Crippen MR) is 112 cm³/mol. The van der Waals surface area contributed by atoms with E-state index in [2.05, 4.69) is 15.6 Å². The minimum atomic E-state index is -3.19. The molecule has 0 atom stereocenters. The van der Waals surface area contributed by atoms with Crippen LogP contribution >= 0.6 is 35.3 Å². The molecule has 0 amide bonds. The van der Waals surface area contributed by atoms with E-state index in [0.717, 1.165) is 11.8 Å². The summed E-state index contributed by atoms with van der Waals surface area (Å²) in [5.41, 5.74) is 2.32. The lowest BCUT2D eigenvalue weighted by molar-refractivity contribution is 0.599. The summed E-state index contributed by atoms with van der Waals surface area (Å²) < 4.78 is 36.5. The molecular weight excluding hydrogens is 476 g/mol. The maximum atomic E-state index is 13.5. The van der Waals surface area contributed by atoms with Crippen LogP contribution in [0.2, 0.25) is 0 Å². The molecule has 0 saturated carbocycles. The van der Waals surface area contributed by atoms with Crippen molar-refractivity contribution in [3.8, 4) is 0 Å². The number of hydrogen-bond donors (Lipinski definition) is 2. The number of rotatable bonds is 6. The summed E-state index contributed by atoms with van der Waals surface area (Å²) in [7, 11) is -1.55. The van der Waals surface area contributed by atoms with Crippen LogP contribution in [-0.4, -0.2) is 27.7 Å². The van der Waals surface area contributed by atoms with Crippen LogP contribution in [0.25, 0.3) is 0 Å². The number of aliphatic imine (C=N–C) groups is 1. The Bertz CT molecular complexity index is 809. The molecule has 0 radical (unpaired) electrons. The number of thiophene rings is 1. The van der Waals surface area contributed by atoms with Crippen molar-refractivity contribution in [2.24, 2.45) is 4.99 Å². The van der Waals surface area contributed by atoms with E-state index in [4.69, 9.17) is 0 Å². The maximum Gasteiger partial charge on any atom is 0.191 e. The fraction of sp³-hybridized carbons (Fsp3) is 0.312. The topological polar surface area (TPSA) is 70.6 Å². The number of hydrogen-bond acceptors (Lipinski definition) is 4. The molecule has 0 aliphatic heterocycles. The largest absolute Gasteiger partial charge is 0.352 e. The standard InChI is InChI=1S/C16H20FN3O2S2.HI/c1-18-16(19-8-12-5-6-23-10-12)20-9-14-7-15(17)4-3-13(14)11-24(2,21)22;/h3-7,10H,8-9,11H2,1-2H3,(H2,18,19,20);1H. The van der Waals surface area contributed by atoms with Crippen LogP contribution in [0.3, 0.4) is 0 Å². The fourth-order valence-corrected chi connectivity index (χ4v) is 3.68. The molecule has 5 nitrogen and oxygen atoms in total. The summed E-state index contributed by atoms with van der Waals surface area (Å²) in [4.78, 5) is 4.12. The van der Waals surface area contributed by atoms with Gasteiger partial charge in [-0.3, -0.25) is 4.99 Å². The number of nitrogens with one attached hydrogen (secondary N) is 2. The maximum absolute atomic E-state index is 13.5. The second-order valence-electron chi connectivity index (χ2n) is 5.39. The Labute approximate surface area is 168 Å². The summed E-state index contributed by atoms with van der Waals surface area (Å²) in [6.07, 6.45) is 1.16. The van der Waals surface area contributed by atoms with Gasteiger partial charge in [-0.1, -0.05) is 6.07 Å². The predicted octanol–water partition coefficient (Wildman–Crippen LogP) is 2.92. The third-order valence-electron chi connectivity index (χ3n) is 3.30. The lowest BCUT2D eigenvalue weighted by Crippen LogP contribution is -2.36. The van der Waals surface area contributed by atoms with E-state index in [1.807, 2.05) is 16.8 Å². The van der Waals surface area contributed by atoms with Gasteiger partial charge in [-0.15, -0.1) is 24.0 Å². The highest BCUT2D eigenvalue weighted by Gasteiger charge is 2.11. The fourth-order valence-electron chi connectivity index (χ4n) is 2.16. The average Bonchev–Trinajstić information content (AvgIpc) is 3.02. The quantitative estimate of drug-likeness (QED) is 0.366. The zero-order valence-electron chi connectivity index (χ0n) is 14.0. The molecule has 1 heterocycles. The van der Waals surface area contributed by atoms with E-state index in [1.54, 1.807) is 18.4 Å². The first kappa shape index (κ1) is 21.8. The zero-order chi connectivity index (χ0) is 17.6. The van der Waals surface area contributed by atoms with Gasteiger partial charge in [0.2, 0.25) is 0 Å². The highest BCUT2D eigenvalue weighted by molar-refractivity contribution is 14.0. The van der Waals surface area contributed by atoms with Gasteiger partial charge in [0.05, 0.1) is 5.75 Å². The molecule has 0 unspecified atom stereocenters. The summed E-state index contributed by atoms with van der Waals surface area (Å²) in [6.45, 7) is 0.911. The van der Waals surface area contributed by atoms with E-state index in [0.29, 0.717) is 23.6 Å². The zero-order valence-corrected chi connectivity index (χ0v) is 17.9. The van der Waals surface area contributed by atoms with Gasteiger partial charge < -0.3 is 10.6 Å². The molecule has 0 saturated heterocycles. The molecule has 0 spiro atoms. The van der Waals surface area contributed by atoms with Gasteiger partial charge in [-0.05, 0) is 45.6 Å². The summed E-state index contributed by atoms with van der Waals surface area (Å²) in [6, 6.07) is 6.14. The summed E-state index contributed by atoms with van der Waals surface area (Å²) >= 11 is 1.62. The van der Waals surface area contributed by atoms with Crippen molar-refractivity contribution < 1.29 is 12.8 Å². The molecule has 25 heavy (non-hydrogen) atoms. The van der Waals surface area contributed by atoms with E-state index in [-0.39, 0.29) is 36.3 Å². The lowest BCUT2D eigenvalue weighted by atomic mass is 10.1. The second-order valence-corrected chi connectivity index (χ2v) is 8.31. The average molecular weight is 497 g/mol. The van der Waals surface area contributed by atoms with Crippen molar-refractivity contribution >= 4 is 51.1 Å². The second kappa shape index (κ2) is 10.1. The van der Waals surface area contributed by atoms with Crippen LogP contribution in [0.5, 0.6) is 0 Å². The van der Waals surface area contributed by atoms with Crippen LogP contribution in [0.4, 0.5) is 4.39 Å². The Balaban J connectivity index is 0.00000312. The number of guanidine groups is 1. The molecule has 2 aromatic rings. The first-order chi connectivity index (χ1) is 11.4. The van der Waals surface area contributed by atoms with Crippen molar-refractivity contribution in [3.63, 3.8) is 0 Å². The molecule has 1 aromatic heterocycles. The number of sulfone groups is 1. The molecule has 0 aliphatic carbocycles. The lowest BCUT2D eigenvalue weighted by Gasteiger charge is -2.14. The van der Waals surface area contributed by atoms with Crippen LogP contribution in [0.15, 0.2) is 40.0 Å². The highest BCUT2D eigenvalue weighted by Crippen LogP contribution is 2.14. The smallest absolute Gasteiger partial charge is 0.191 e. The Morgan fingerprint density at radius 3 is 2.52 bits per heavy atom. The molecule has 0 fully saturated rings. The molecule has 1 aromatic carbocycles. The van der Waals surface area contributed by atoms with E-state index >= 15 is 0 Å². The molecule has 2 rings (SSSR count). The number of halogens is 2. The molecule has 0 bridgehead atoms. The van der Waals surface area contributed by atoms with E-state index in [9.17, 15) is 12.8 Å². The molecule has 138 valence electrons. The van der Waals surface area contributed by atoms with Crippen LogP contribution in [0, 0.1) is 5.82 Å². The molecule has 0 aliphatic rings. The van der Waals surface area contributed by atoms with Gasteiger partial charge >= 0.3 is 0 Å². The first-order valence-corrected chi connectivity index (χ1v) is 10.3. The van der Waals surface area contributed by atoms with Crippen LogP contribution in [-0.2, 0) is 28.7 Å². The number of nitrogens with zero attached hydrogens (tertiary/aromatic N) is 1. The van der Waals surface area contributed by atoms with Crippen LogP contribution < -0.4 is 10.6 Å². The van der Waals surface area contributed by atoms with Gasteiger partial charge in [0.25, 0.3) is 0 Å². The minimum Gasteiger partial charge on any atom is -0.352 e. The SMILES string of the molecule is CN=C(NCc1ccsc1)NCc1cc(F)ccc1CS(C)(=O)=O.I. The number of benzene rings is 1. The Kier molecular flexibility index (Phi) is 8.80. The van der Waals surface area contributed by atoms with Crippen molar-refractivity contribution in [2.45, 2.75) is 18.8 Å². The summed E-state index contributed by atoms with van der Waals surface area (Å²) in [5.74, 6) is 0.0478. The van der Waals surface area contributed by atoms with E-state index < -0.39 is 15.7 Å². The molecule has 2 N–H and O–H groups in total. The Morgan fingerprint density at radius 1 is 1.20 bits per heavy atom. The van der Waals surface area contributed by atoms with Crippen molar-refractivity contribution in [1.29, 1.82) is 0 Å². The van der Waals surface area contributed by atoms with Crippen molar-refractivity contribution in [2.75, 3.05) is 13.3 Å². The monoisotopic (exact) mass is 497 g/mol. The van der Waals surface area contributed by atoms with Crippen LogP contribution in [0.1, 0.15) is 16.7 Å². The Hall–Kier alpha value is -1.20.